The smallest absolute Gasteiger partial charge is 0.161 e. The quantitative estimate of drug-likeness (QED) is 0.848. The van der Waals surface area contributed by atoms with E-state index in [4.69, 9.17) is 15.2 Å². The van der Waals surface area contributed by atoms with E-state index in [1.165, 1.54) is 0 Å². The molecule has 0 atom stereocenters. The number of nitrogens with two attached hydrogens (primary N) is 1. The molecule has 2 aromatic rings. The number of hydrogen-bond donors (Lipinski definition) is 1. The van der Waals surface area contributed by atoms with E-state index in [0.717, 1.165) is 29.2 Å². The van der Waals surface area contributed by atoms with Gasteiger partial charge in [0.1, 0.15) is 5.82 Å². The van der Waals surface area contributed by atoms with E-state index in [1.807, 2.05) is 25.1 Å². The SMILES string of the molecule is Cc1cc(N)nc(-c2ccc3c(c2)OCCCO3)n1. The summed E-state index contributed by atoms with van der Waals surface area (Å²) in [7, 11) is 0. The second kappa shape index (κ2) is 4.76. The highest BCUT2D eigenvalue weighted by molar-refractivity contribution is 5.62. The highest BCUT2D eigenvalue weighted by Crippen LogP contribution is 2.33. The molecule has 0 saturated heterocycles. The standard InChI is InChI=1S/C14H15N3O2/c1-9-7-13(15)17-14(16-9)10-3-4-11-12(8-10)19-6-2-5-18-11/h3-4,7-8H,2,5-6H2,1H3,(H2,15,16,17). The average molecular weight is 257 g/mol. The second-order valence-corrected chi connectivity index (χ2v) is 4.47. The van der Waals surface area contributed by atoms with Crippen molar-refractivity contribution in [2.24, 2.45) is 0 Å². The number of fused-ring (bicyclic) bond motifs is 1. The first kappa shape index (κ1) is 11.8. The summed E-state index contributed by atoms with van der Waals surface area (Å²) in [5, 5.41) is 0. The van der Waals surface area contributed by atoms with Crippen molar-refractivity contribution in [1.29, 1.82) is 0 Å². The number of rotatable bonds is 1. The van der Waals surface area contributed by atoms with Crippen LogP contribution in [0.4, 0.5) is 5.82 Å². The summed E-state index contributed by atoms with van der Waals surface area (Å²) in [5.74, 6) is 2.57. The Labute approximate surface area is 111 Å². The van der Waals surface area contributed by atoms with Gasteiger partial charge < -0.3 is 15.2 Å². The van der Waals surface area contributed by atoms with Crippen LogP contribution in [0.1, 0.15) is 12.1 Å². The van der Waals surface area contributed by atoms with Gasteiger partial charge in [-0.15, -0.1) is 0 Å². The Morgan fingerprint density at radius 2 is 1.84 bits per heavy atom. The Morgan fingerprint density at radius 1 is 1.05 bits per heavy atom. The van der Waals surface area contributed by atoms with Crippen LogP contribution in [0, 0.1) is 6.92 Å². The third-order valence-corrected chi connectivity index (χ3v) is 2.88. The van der Waals surface area contributed by atoms with Crippen LogP contribution in [0.5, 0.6) is 11.5 Å². The van der Waals surface area contributed by atoms with Gasteiger partial charge in [-0.1, -0.05) is 0 Å². The minimum Gasteiger partial charge on any atom is -0.490 e. The lowest BCUT2D eigenvalue weighted by molar-refractivity contribution is 0.297. The first-order valence-electron chi connectivity index (χ1n) is 6.23. The molecular weight excluding hydrogens is 242 g/mol. The second-order valence-electron chi connectivity index (χ2n) is 4.47. The summed E-state index contributed by atoms with van der Waals surface area (Å²) in [6, 6.07) is 7.45. The molecule has 1 aromatic carbocycles. The molecule has 1 aliphatic rings. The molecule has 0 saturated carbocycles. The highest BCUT2D eigenvalue weighted by atomic mass is 16.5. The van der Waals surface area contributed by atoms with Crippen molar-refractivity contribution in [2.75, 3.05) is 18.9 Å². The fourth-order valence-electron chi connectivity index (χ4n) is 2.02. The van der Waals surface area contributed by atoms with Crippen molar-refractivity contribution in [1.82, 2.24) is 9.97 Å². The summed E-state index contributed by atoms with van der Waals surface area (Å²) < 4.78 is 11.3. The Balaban J connectivity index is 2.03. The monoisotopic (exact) mass is 257 g/mol. The summed E-state index contributed by atoms with van der Waals surface area (Å²) in [5.41, 5.74) is 7.47. The molecule has 5 heteroatoms. The summed E-state index contributed by atoms with van der Waals surface area (Å²) in [6.45, 7) is 3.23. The molecule has 2 N–H and O–H groups in total. The number of anilines is 1. The minimum absolute atomic E-state index is 0.467. The summed E-state index contributed by atoms with van der Waals surface area (Å²) in [6.07, 6.45) is 0.887. The van der Waals surface area contributed by atoms with Gasteiger partial charge in [-0.25, -0.2) is 9.97 Å². The van der Waals surface area contributed by atoms with Crippen LogP contribution < -0.4 is 15.2 Å². The van der Waals surface area contributed by atoms with Crippen molar-refractivity contribution in [3.63, 3.8) is 0 Å². The average Bonchev–Trinajstić information content (AvgIpc) is 2.61. The van der Waals surface area contributed by atoms with E-state index in [0.29, 0.717) is 24.9 Å². The van der Waals surface area contributed by atoms with E-state index >= 15 is 0 Å². The van der Waals surface area contributed by atoms with E-state index in [2.05, 4.69) is 9.97 Å². The molecule has 3 rings (SSSR count). The zero-order valence-corrected chi connectivity index (χ0v) is 10.7. The minimum atomic E-state index is 0.467. The lowest BCUT2D eigenvalue weighted by Crippen LogP contribution is -1.98. The molecule has 0 radical (unpaired) electrons. The maximum atomic E-state index is 5.75. The van der Waals surface area contributed by atoms with Crippen molar-refractivity contribution in [2.45, 2.75) is 13.3 Å². The Hall–Kier alpha value is -2.30. The van der Waals surface area contributed by atoms with Gasteiger partial charge in [0.25, 0.3) is 0 Å². The van der Waals surface area contributed by atoms with E-state index in [1.54, 1.807) is 6.07 Å². The normalized spacial score (nSPS) is 13.9. The molecule has 98 valence electrons. The van der Waals surface area contributed by atoms with E-state index < -0.39 is 0 Å². The Bertz CT molecular complexity index is 593. The van der Waals surface area contributed by atoms with Crippen LogP contribution in [0.15, 0.2) is 24.3 Å². The Morgan fingerprint density at radius 3 is 2.63 bits per heavy atom. The number of ether oxygens (including phenoxy) is 2. The molecule has 0 amide bonds. The fraction of sp³-hybridized carbons (Fsp3) is 0.286. The molecule has 5 nitrogen and oxygen atoms in total. The zero-order valence-electron chi connectivity index (χ0n) is 10.7. The first-order chi connectivity index (χ1) is 9.22. The van der Waals surface area contributed by atoms with Gasteiger partial charge in [0.2, 0.25) is 0 Å². The number of aromatic nitrogens is 2. The van der Waals surface area contributed by atoms with Gasteiger partial charge in [-0.3, -0.25) is 0 Å². The molecule has 2 heterocycles. The topological polar surface area (TPSA) is 70.3 Å². The largest absolute Gasteiger partial charge is 0.490 e. The zero-order chi connectivity index (χ0) is 13.2. The molecule has 0 spiro atoms. The molecule has 19 heavy (non-hydrogen) atoms. The van der Waals surface area contributed by atoms with Gasteiger partial charge in [-0.2, -0.15) is 0 Å². The van der Waals surface area contributed by atoms with Gasteiger partial charge in [0.05, 0.1) is 13.2 Å². The number of aryl methyl sites for hydroxylation is 1. The molecule has 1 aromatic heterocycles. The van der Waals surface area contributed by atoms with Crippen LogP contribution in [0.2, 0.25) is 0 Å². The highest BCUT2D eigenvalue weighted by Gasteiger charge is 2.12. The van der Waals surface area contributed by atoms with Gasteiger partial charge in [0, 0.05) is 23.7 Å². The predicted octanol–water partition coefficient (Wildman–Crippen LogP) is 2.20. The van der Waals surface area contributed by atoms with Gasteiger partial charge in [-0.05, 0) is 25.1 Å². The predicted molar refractivity (Wildman–Crippen MR) is 72.2 cm³/mol. The van der Waals surface area contributed by atoms with Crippen LogP contribution >= 0.6 is 0 Å². The first-order valence-corrected chi connectivity index (χ1v) is 6.23. The number of benzene rings is 1. The van der Waals surface area contributed by atoms with Crippen LogP contribution in [-0.4, -0.2) is 23.2 Å². The third-order valence-electron chi connectivity index (χ3n) is 2.88. The van der Waals surface area contributed by atoms with Gasteiger partial charge in [0.15, 0.2) is 17.3 Å². The maximum absolute atomic E-state index is 5.75. The number of nitrogens with zero attached hydrogens (tertiary/aromatic N) is 2. The van der Waals surface area contributed by atoms with Crippen molar-refractivity contribution < 1.29 is 9.47 Å². The summed E-state index contributed by atoms with van der Waals surface area (Å²) >= 11 is 0. The molecule has 0 aliphatic carbocycles. The van der Waals surface area contributed by atoms with Crippen LogP contribution in [0.3, 0.4) is 0 Å². The van der Waals surface area contributed by atoms with Crippen molar-refractivity contribution in [3.8, 4) is 22.9 Å². The van der Waals surface area contributed by atoms with E-state index in [9.17, 15) is 0 Å². The third kappa shape index (κ3) is 2.45. The van der Waals surface area contributed by atoms with Crippen LogP contribution in [0.25, 0.3) is 11.4 Å². The molecule has 0 bridgehead atoms. The van der Waals surface area contributed by atoms with Crippen LogP contribution in [-0.2, 0) is 0 Å². The Kier molecular flexibility index (Phi) is 2.95. The molecule has 1 aliphatic heterocycles. The molecular formula is C14H15N3O2. The molecule has 0 unspecified atom stereocenters. The number of nitrogen functional groups attached to an aromatic ring is 1. The lowest BCUT2D eigenvalue weighted by atomic mass is 10.2. The summed E-state index contributed by atoms with van der Waals surface area (Å²) in [4.78, 5) is 8.64. The maximum Gasteiger partial charge on any atom is 0.161 e. The van der Waals surface area contributed by atoms with Crippen molar-refractivity contribution in [3.05, 3.63) is 30.0 Å². The number of hydrogen-bond acceptors (Lipinski definition) is 5. The lowest BCUT2D eigenvalue weighted by Gasteiger charge is -2.09. The molecule has 0 fully saturated rings. The van der Waals surface area contributed by atoms with E-state index in [-0.39, 0.29) is 0 Å². The van der Waals surface area contributed by atoms with Gasteiger partial charge >= 0.3 is 0 Å². The fourth-order valence-corrected chi connectivity index (χ4v) is 2.02. The van der Waals surface area contributed by atoms with Crippen molar-refractivity contribution >= 4 is 5.82 Å².